The first-order chi connectivity index (χ1) is 5.74. The number of hydrogen-bond acceptors (Lipinski definition) is 0. The third-order valence-electron chi connectivity index (χ3n) is 1.74. The molecule has 0 aromatic heterocycles. The Morgan fingerprint density at radius 1 is 1.42 bits per heavy atom. The SMILES string of the molecule is C=C(C)c1cccc(/C=C\C)c1. The molecule has 0 saturated heterocycles. The second-order valence-electron chi connectivity index (χ2n) is 2.91. The minimum absolute atomic E-state index is 1.11. The Bertz CT molecular complexity index is 306. The first-order valence-electron chi connectivity index (χ1n) is 4.12. The van der Waals surface area contributed by atoms with Gasteiger partial charge in [-0.25, -0.2) is 0 Å². The molecule has 0 aliphatic rings. The molecule has 0 heterocycles. The van der Waals surface area contributed by atoms with Crippen LogP contribution in [0.15, 0.2) is 36.9 Å². The van der Waals surface area contributed by atoms with Crippen molar-refractivity contribution in [1.29, 1.82) is 0 Å². The van der Waals surface area contributed by atoms with Gasteiger partial charge in [0.25, 0.3) is 0 Å². The summed E-state index contributed by atoms with van der Waals surface area (Å²) in [4.78, 5) is 0. The number of hydrogen-bond donors (Lipinski definition) is 0. The molecule has 0 unspecified atom stereocenters. The zero-order valence-corrected chi connectivity index (χ0v) is 7.67. The van der Waals surface area contributed by atoms with E-state index in [0.29, 0.717) is 0 Å². The normalized spacial score (nSPS) is 10.5. The van der Waals surface area contributed by atoms with Crippen LogP contribution in [0.3, 0.4) is 0 Å². The van der Waals surface area contributed by atoms with E-state index in [1.165, 1.54) is 11.1 Å². The Hall–Kier alpha value is -1.30. The van der Waals surface area contributed by atoms with Gasteiger partial charge in [-0.3, -0.25) is 0 Å². The summed E-state index contributed by atoms with van der Waals surface area (Å²) in [5.74, 6) is 0. The lowest BCUT2D eigenvalue weighted by Gasteiger charge is -2.00. The minimum Gasteiger partial charge on any atom is -0.0955 e. The molecule has 0 atom stereocenters. The molecule has 1 aromatic rings. The van der Waals surface area contributed by atoms with Crippen molar-refractivity contribution >= 4 is 11.6 Å². The van der Waals surface area contributed by atoms with Gasteiger partial charge in [-0.2, -0.15) is 0 Å². The molecule has 0 spiro atoms. The Balaban J connectivity index is 3.03. The molecule has 0 heteroatoms. The molecule has 0 fully saturated rings. The zero-order valence-electron chi connectivity index (χ0n) is 7.67. The highest BCUT2D eigenvalue weighted by molar-refractivity contribution is 5.64. The van der Waals surface area contributed by atoms with Gasteiger partial charge in [-0.1, -0.05) is 42.5 Å². The van der Waals surface area contributed by atoms with Gasteiger partial charge < -0.3 is 0 Å². The van der Waals surface area contributed by atoms with Crippen LogP contribution in [-0.2, 0) is 0 Å². The molecular formula is C12H14. The predicted octanol–water partition coefficient (Wildman–Crippen LogP) is 3.75. The van der Waals surface area contributed by atoms with E-state index in [4.69, 9.17) is 0 Å². The van der Waals surface area contributed by atoms with Gasteiger partial charge in [0.1, 0.15) is 0 Å². The van der Waals surface area contributed by atoms with Crippen molar-refractivity contribution in [3.8, 4) is 0 Å². The monoisotopic (exact) mass is 158 g/mol. The van der Waals surface area contributed by atoms with Crippen LogP contribution in [0.1, 0.15) is 25.0 Å². The number of rotatable bonds is 2. The summed E-state index contributed by atoms with van der Waals surface area (Å²) in [5, 5.41) is 0. The minimum atomic E-state index is 1.11. The summed E-state index contributed by atoms with van der Waals surface area (Å²) >= 11 is 0. The van der Waals surface area contributed by atoms with E-state index >= 15 is 0 Å². The van der Waals surface area contributed by atoms with E-state index in [9.17, 15) is 0 Å². The molecule has 0 nitrogen and oxygen atoms in total. The van der Waals surface area contributed by atoms with E-state index < -0.39 is 0 Å². The van der Waals surface area contributed by atoms with E-state index in [0.717, 1.165) is 5.57 Å². The molecule has 0 bridgehead atoms. The zero-order chi connectivity index (χ0) is 8.97. The van der Waals surface area contributed by atoms with Crippen molar-refractivity contribution in [2.45, 2.75) is 13.8 Å². The third-order valence-corrected chi connectivity index (χ3v) is 1.74. The van der Waals surface area contributed by atoms with Crippen LogP contribution >= 0.6 is 0 Å². The van der Waals surface area contributed by atoms with Gasteiger partial charge in [0.15, 0.2) is 0 Å². The Labute approximate surface area is 74.2 Å². The van der Waals surface area contributed by atoms with Gasteiger partial charge in [0.2, 0.25) is 0 Å². The van der Waals surface area contributed by atoms with Crippen molar-refractivity contribution in [3.63, 3.8) is 0 Å². The molecule has 0 N–H and O–H groups in total. The van der Waals surface area contributed by atoms with Crippen molar-refractivity contribution in [3.05, 3.63) is 48.0 Å². The maximum atomic E-state index is 3.90. The molecule has 1 aromatic carbocycles. The predicted molar refractivity (Wildman–Crippen MR) is 55.9 cm³/mol. The molecule has 0 saturated carbocycles. The van der Waals surface area contributed by atoms with Crippen LogP contribution < -0.4 is 0 Å². The van der Waals surface area contributed by atoms with Crippen LogP contribution in [0.4, 0.5) is 0 Å². The van der Waals surface area contributed by atoms with Crippen LogP contribution in [0, 0.1) is 0 Å². The first-order valence-corrected chi connectivity index (χ1v) is 4.12. The lowest BCUT2D eigenvalue weighted by molar-refractivity contribution is 1.55. The topological polar surface area (TPSA) is 0 Å². The average molecular weight is 158 g/mol. The number of allylic oxidation sites excluding steroid dienone is 2. The molecule has 0 aliphatic carbocycles. The number of benzene rings is 1. The fourth-order valence-corrected chi connectivity index (χ4v) is 1.10. The highest BCUT2D eigenvalue weighted by Crippen LogP contribution is 2.13. The van der Waals surface area contributed by atoms with E-state index in [2.05, 4.69) is 36.9 Å². The van der Waals surface area contributed by atoms with Crippen molar-refractivity contribution in [1.82, 2.24) is 0 Å². The van der Waals surface area contributed by atoms with Gasteiger partial charge >= 0.3 is 0 Å². The van der Waals surface area contributed by atoms with Gasteiger partial charge in [0, 0.05) is 0 Å². The highest BCUT2D eigenvalue weighted by atomic mass is 14.0. The molecular weight excluding hydrogens is 144 g/mol. The summed E-state index contributed by atoms with van der Waals surface area (Å²) in [7, 11) is 0. The van der Waals surface area contributed by atoms with Crippen LogP contribution in [0.25, 0.3) is 11.6 Å². The summed E-state index contributed by atoms with van der Waals surface area (Å²) in [6, 6.07) is 8.36. The maximum absolute atomic E-state index is 3.90. The van der Waals surface area contributed by atoms with Crippen molar-refractivity contribution in [2.24, 2.45) is 0 Å². The summed E-state index contributed by atoms with van der Waals surface area (Å²) in [6.07, 6.45) is 4.13. The molecule has 1 rings (SSSR count). The van der Waals surface area contributed by atoms with E-state index in [-0.39, 0.29) is 0 Å². The van der Waals surface area contributed by atoms with Gasteiger partial charge in [-0.15, -0.1) is 0 Å². The lowest BCUT2D eigenvalue weighted by Crippen LogP contribution is -1.78. The van der Waals surface area contributed by atoms with Gasteiger partial charge in [0.05, 0.1) is 0 Å². The Kier molecular flexibility index (Phi) is 2.87. The molecule has 0 radical (unpaired) electrons. The molecule has 62 valence electrons. The Morgan fingerprint density at radius 2 is 2.17 bits per heavy atom. The average Bonchev–Trinajstić information content (AvgIpc) is 2.05. The second kappa shape index (κ2) is 3.91. The van der Waals surface area contributed by atoms with Gasteiger partial charge in [-0.05, 0) is 31.0 Å². The van der Waals surface area contributed by atoms with Crippen molar-refractivity contribution in [2.75, 3.05) is 0 Å². The summed E-state index contributed by atoms with van der Waals surface area (Å²) in [6.45, 7) is 7.95. The quantitative estimate of drug-likeness (QED) is 0.615. The lowest BCUT2D eigenvalue weighted by atomic mass is 10.1. The van der Waals surface area contributed by atoms with Crippen LogP contribution in [-0.4, -0.2) is 0 Å². The van der Waals surface area contributed by atoms with E-state index in [1.54, 1.807) is 0 Å². The fourth-order valence-electron chi connectivity index (χ4n) is 1.10. The highest BCUT2D eigenvalue weighted by Gasteiger charge is 1.92. The fraction of sp³-hybridized carbons (Fsp3) is 0.167. The molecule has 0 amide bonds. The largest absolute Gasteiger partial charge is 0.0955 e. The second-order valence-corrected chi connectivity index (χ2v) is 2.91. The molecule has 0 aliphatic heterocycles. The smallest absolute Gasteiger partial charge is 0.0227 e. The van der Waals surface area contributed by atoms with Crippen LogP contribution in [0.5, 0.6) is 0 Å². The van der Waals surface area contributed by atoms with Crippen molar-refractivity contribution < 1.29 is 0 Å². The van der Waals surface area contributed by atoms with Crippen LogP contribution in [0.2, 0.25) is 0 Å². The third kappa shape index (κ3) is 2.09. The summed E-state index contributed by atoms with van der Waals surface area (Å²) in [5.41, 5.74) is 3.56. The van der Waals surface area contributed by atoms with E-state index in [1.807, 2.05) is 19.9 Å². The maximum Gasteiger partial charge on any atom is -0.0227 e. The standard InChI is InChI=1S/C12H14/c1-4-6-11-7-5-8-12(9-11)10(2)3/h4-9H,2H2,1,3H3/b6-4-. The molecule has 12 heavy (non-hydrogen) atoms. The Morgan fingerprint density at radius 3 is 2.75 bits per heavy atom. The first kappa shape index (κ1) is 8.79. The summed E-state index contributed by atoms with van der Waals surface area (Å²) < 4.78 is 0.